The molecule has 22 heavy (non-hydrogen) atoms. The van der Waals surface area contributed by atoms with E-state index in [9.17, 15) is 4.79 Å². The Morgan fingerprint density at radius 2 is 2.00 bits per heavy atom. The van der Waals surface area contributed by atoms with Crippen LogP contribution in [0.1, 0.15) is 26.0 Å². The Hall–Kier alpha value is -1.39. The maximum Gasteiger partial charge on any atom is 0.233 e. The number of nitrogens with one attached hydrogen (secondary N) is 1. The molecule has 0 saturated carbocycles. The van der Waals surface area contributed by atoms with Crippen molar-refractivity contribution < 1.29 is 9.21 Å². The molecule has 0 radical (unpaired) electrons. The highest BCUT2D eigenvalue weighted by Gasteiger charge is 2.16. The number of furan rings is 1. The van der Waals surface area contributed by atoms with Gasteiger partial charge in [-0.05, 0) is 56.7 Å². The number of benzene rings is 1. The van der Waals surface area contributed by atoms with Crippen molar-refractivity contribution in [3.05, 3.63) is 53.4 Å². The summed E-state index contributed by atoms with van der Waals surface area (Å²) < 4.78 is 5.30. The molecule has 1 aromatic carbocycles. The summed E-state index contributed by atoms with van der Waals surface area (Å²) in [6.07, 6.45) is 3.36. The van der Waals surface area contributed by atoms with Crippen LogP contribution in [0.4, 0.5) is 0 Å². The van der Waals surface area contributed by atoms with Gasteiger partial charge in [-0.2, -0.15) is 0 Å². The molecule has 1 N–H and O–H groups in total. The summed E-state index contributed by atoms with van der Waals surface area (Å²) in [4.78, 5) is 13.2. The zero-order chi connectivity index (χ0) is 15.9. The molecular formula is C17H20ClNO2S. The maximum atomic E-state index is 12.2. The van der Waals surface area contributed by atoms with Gasteiger partial charge in [-0.15, -0.1) is 11.8 Å². The number of thioether (sulfide) groups is 1. The van der Waals surface area contributed by atoms with Gasteiger partial charge in [0.2, 0.25) is 5.91 Å². The van der Waals surface area contributed by atoms with Crippen LogP contribution < -0.4 is 5.32 Å². The van der Waals surface area contributed by atoms with Gasteiger partial charge in [-0.3, -0.25) is 4.79 Å². The summed E-state index contributed by atoms with van der Waals surface area (Å²) in [5.74, 6) is 0.997. The highest BCUT2D eigenvalue weighted by atomic mass is 35.5. The van der Waals surface area contributed by atoms with Crippen molar-refractivity contribution in [2.24, 2.45) is 0 Å². The third kappa shape index (κ3) is 5.43. The lowest BCUT2D eigenvalue weighted by atomic mass is 10.1. The molecule has 2 atom stereocenters. The van der Waals surface area contributed by atoms with Crippen molar-refractivity contribution in [1.82, 2.24) is 5.32 Å². The first-order chi connectivity index (χ1) is 10.5. The standard InChI is InChI=1S/C17H20ClNO2S/c1-12(5-8-15-4-3-11-21-15)19-17(20)13(2)22-16-9-6-14(18)7-10-16/h3-4,6-7,9-13H,5,8H2,1-2H3,(H,19,20). The van der Waals surface area contributed by atoms with E-state index < -0.39 is 0 Å². The number of hydrogen-bond acceptors (Lipinski definition) is 3. The Kier molecular flexibility index (Phi) is 6.40. The van der Waals surface area contributed by atoms with Gasteiger partial charge in [0.15, 0.2) is 0 Å². The minimum Gasteiger partial charge on any atom is -0.469 e. The van der Waals surface area contributed by atoms with Gasteiger partial charge in [0, 0.05) is 22.4 Å². The number of rotatable bonds is 7. The van der Waals surface area contributed by atoms with E-state index in [0.29, 0.717) is 5.02 Å². The van der Waals surface area contributed by atoms with Crippen LogP contribution in [0.3, 0.4) is 0 Å². The Balaban J connectivity index is 1.76. The number of hydrogen-bond donors (Lipinski definition) is 1. The molecule has 1 heterocycles. The average Bonchev–Trinajstić information content (AvgIpc) is 3.01. The van der Waals surface area contributed by atoms with Crippen LogP contribution in [0, 0.1) is 0 Å². The quantitative estimate of drug-likeness (QED) is 0.753. The molecular weight excluding hydrogens is 318 g/mol. The highest BCUT2D eigenvalue weighted by molar-refractivity contribution is 8.00. The van der Waals surface area contributed by atoms with E-state index in [2.05, 4.69) is 5.32 Å². The topological polar surface area (TPSA) is 42.2 Å². The average molecular weight is 338 g/mol. The van der Waals surface area contributed by atoms with Gasteiger partial charge in [0.05, 0.1) is 11.5 Å². The van der Waals surface area contributed by atoms with Gasteiger partial charge >= 0.3 is 0 Å². The third-order valence-electron chi connectivity index (χ3n) is 3.29. The van der Waals surface area contributed by atoms with Gasteiger partial charge in [0.1, 0.15) is 5.76 Å². The van der Waals surface area contributed by atoms with E-state index in [1.165, 1.54) is 11.8 Å². The van der Waals surface area contributed by atoms with Gasteiger partial charge in [0.25, 0.3) is 0 Å². The summed E-state index contributed by atoms with van der Waals surface area (Å²) in [6.45, 7) is 3.92. The lowest BCUT2D eigenvalue weighted by molar-refractivity contribution is -0.120. The fraction of sp³-hybridized carbons (Fsp3) is 0.353. The minimum atomic E-state index is -0.146. The highest BCUT2D eigenvalue weighted by Crippen LogP contribution is 2.24. The van der Waals surface area contributed by atoms with Crippen molar-refractivity contribution in [2.75, 3.05) is 0 Å². The van der Waals surface area contributed by atoms with Crippen LogP contribution in [0.5, 0.6) is 0 Å². The van der Waals surface area contributed by atoms with Crippen molar-refractivity contribution >= 4 is 29.3 Å². The Labute approximate surface area is 140 Å². The van der Waals surface area contributed by atoms with Crippen LogP contribution in [-0.2, 0) is 11.2 Å². The summed E-state index contributed by atoms with van der Waals surface area (Å²) >= 11 is 7.39. The van der Waals surface area contributed by atoms with E-state index >= 15 is 0 Å². The van der Waals surface area contributed by atoms with E-state index in [1.54, 1.807) is 6.26 Å². The molecule has 2 aromatic rings. The van der Waals surface area contributed by atoms with Crippen LogP contribution in [-0.4, -0.2) is 17.2 Å². The molecule has 1 amide bonds. The lowest BCUT2D eigenvalue weighted by Crippen LogP contribution is -2.37. The SMILES string of the molecule is CC(CCc1ccco1)NC(=O)C(C)Sc1ccc(Cl)cc1. The van der Waals surface area contributed by atoms with Crippen LogP contribution in [0.2, 0.25) is 5.02 Å². The van der Waals surface area contributed by atoms with E-state index in [0.717, 1.165) is 23.5 Å². The van der Waals surface area contributed by atoms with Gasteiger partial charge in [-0.25, -0.2) is 0 Å². The second-order valence-electron chi connectivity index (χ2n) is 5.24. The summed E-state index contributed by atoms with van der Waals surface area (Å²) in [5.41, 5.74) is 0. The largest absolute Gasteiger partial charge is 0.469 e. The molecule has 118 valence electrons. The van der Waals surface area contributed by atoms with E-state index in [4.69, 9.17) is 16.0 Å². The van der Waals surface area contributed by atoms with E-state index in [-0.39, 0.29) is 17.2 Å². The van der Waals surface area contributed by atoms with Crippen molar-refractivity contribution in [3.63, 3.8) is 0 Å². The number of halogens is 1. The number of carbonyl (C=O) groups excluding carboxylic acids is 1. The van der Waals surface area contributed by atoms with Crippen LogP contribution >= 0.6 is 23.4 Å². The molecule has 0 aliphatic rings. The molecule has 0 fully saturated rings. The first-order valence-corrected chi connectivity index (χ1v) is 8.55. The van der Waals surface area contributed by atoms with Gasteiger partial charge in [-0.1, -0.05) is 11.6 Å². The molecule has 2 rings (SSSR count). The predicted octanol–water partition coefficient (Wildman–Crippen LogP) is 4.55. The van der Waals surface area contributed by atoms with E-state index in [1.807, 2.05) is 50.2 Å². The van der Waals surface area contributed by atoms with Crippen molar-refractivity contribution in [1.29, 1.82) is 0 Å². The molecule has 0 saturated heterocycles. The summed E-state index contributed by atoms with van der Waals surface area (Å²) in [6, 6.07) is 11.5. The monoisotopic (exact) mass is 337 g/mol. The maximum absolute atomic E-state index is 12.2. The smallest absolute Gasteiger partial charge is 0.233 e. The number of carbonyl (C=O) groups is 1. The number of aryl methyl sites for hydroxylation is 1. The first kappa shape index (κ1) is 17.0. The van der Waals surface area contributed by atoms with Crippen molar-refractivity contribution in [3.8, 4) is 0 Å². The molecule has 0 aliphatic heterocycles. The van der Waals surface area contributed by atoms with Crippen LogP contribution in [0.25, 0.3) is 0 Å². The number of amides is 1. The van der Waals surface area contributed by atoms with Crippen molar-refractivity contribution in [2.45, 2.75) is 42.9 Å². The third-order valence-corrected chi connectivity index (χ3v) is 4.65. The minimum absolute atomic E-state index is 0.0481. The molecule has 0 aliphatic carbocycles. The van der Waals surface area contributed by atoms with Crippen LogP contribution in [0.15, 0.2) is 52.0 Å². The molecule has 2 unspecified atom stereocenters. The Bertz CT molecular complexity index is 583. The lowest BCUT2D eigenvalue weighted by Gasteiger charge is -2.17. The molecule has 5 heteroatoms. The molecule has 3 nitrogen and oxygen atoms in total. The van der Waals surface area contributed by atoms with Gasteiger partial charge < -0.3 is 9.73 Å². The Morgan fingerprint density at radius 3 is 2.64 bits per heavy atom. The first-order valence-electron chi connectivity index (χ1n) is 7.29. The molecule has 1 aromatic heterocycles. The second kappa shape index (κ2) is 8.30. The molecule has 0 bridgehead atoms. The zero-order valence-electron chi connectivity index (χ0n) is 12.7. The molecule has 0 spiro atoms. The second-order valence-corrected chi connectivity index (χ2v) is 7.09. The predicted molar refractivity (Wildman–Crippen MR) is 91.4 cm³/mol. The fourth-order valence-electron chi connectivity index (χ4n) is 2.02. The summed E-state index contributed by atoms with van der Waals surface area (Å²) in [7, 11) is 0. The summed E-state index contributed by atoms with van der Waals surface area (Å²) in [5, 5.41) is 3.60. The fourth-order valence-corrected chi connectivity index (χ4v) is 3.02. The zero-order valence-corrected chi connectivity index (χ0v) is 14.3. The Morgan fingerprint density at radius 1 is 1.27 bits per heavy atom. The normalized spacial score (nSPS) is 13.6.